The Morgan fingerprint density at radius 1 is 1.37 bits per heavy atom. The molecule has 2 aromatic rings. The summed E-state index contributed by atoms with van der Waals surface area (Å²) in [5.74, 6) is 2.81. The molecule has 0 radical (unpaired) electrons. The summed E-state index contributed by atoms with van der Waals surface area (Å²) in [6.45, 7) is 4.29. The van der Waals surface area contributed by atoms with Crippen molar-refractivity contribution in [1.82, 2.24) is 15.2 Å². The van der Waals surface area contributed by atoms with Crippen LogP contribution in [0.15, 0.2) is 24.3 Å². The fourth-order valence-corrected chi connectivity index (χ4v) is 1.91. The number of rotatable bonds is 5. The van der Waals surface area contributed by atoms with Gasteiger partial charge in [-0.3, -0.25) is 5.10 Å². The first-order chi connectivity index (χ1) is 9.10. The highest BCUT2D eigenvalue weighted by Gasteiger charge is 2.15. The topological polar surface area (TPSA) is 76.8 Å². The summed E-state index contributed by atoms with van der Waals surface area (Å²) in [5.41, 5.74) is 7.12. The van der Waals surface area contributed by atoms with E-state index < -0.39 is 0 Å². The molecule has 3 N–H and O–H groups in total. The average molecular weight is 260 g/mol. The van der Waals surface area contributed by atoms with Gasteiger partial charge in [0, 0.05) is 6.42 Å². The van der Waals surface area contributed by atoms with E-state index in [9.17, 15) is 0 Å². The molecule has 0 saturated heterocycles. The quantitative estimate of drug-likeness (QED) is 0.862. The van der Waals surface area contributed by atoms with Crippen molar-refractivity contribution in [3.63, 3.8) is 0 Å². The molecule has 0 bridgehead atoms. The third-order valence-electron chi connectivity index (χ3n) is 2.88. The first kappa shape index (κ1) is 13.5. The molecule has 5 heteroatoms. The second kappa shape index (κ2) is 5.84. The molecular formula is C14H20N4O. The molecular weight excluding hydrogens is 240 g/mol. The first-order valence-electron chi connectivity index (χ1n) is 6.41. The molecule has 0 aliphatic rings. The maximum Gasteiger partial charge on any atom is 0.171 e. The van der Waals surface area contributed by atoms with Crippen molar-refractivity contribution in [2.24, 2.45) is 11.7 Å². The summed E-state index contributed by atoms with van der Waals surface area (Å²) >= 11 is 0. The second-order valence-corrected chi connectivity index (χ2v) is 4.99. The van der Waals surface area contributed by atoms with Crippen LogP contribution in [0.1, 0.15) is 37.1 Å². The van der Waals surface area contributed by atoms with Crippen molar-refractivity contribution in [3.05, 3.63) is 41.5 Å². The number of hydrogen-bond acceptors (Lipinski definition) is 4. The van der Waals surface area contributed by atoms with E-state index in [2.05, 4.69) is 29.0 Å². The Labute approximate surface area is 113 Å². The van der Waals surface area contributed by atoms with E-state index in [-0.39, 0.29) is 6.04 Å². The summed E-state index contributed by atoms with van der Waals surface area (Å²) in [6.07, 6.45) is 0.873. The molecule has 1 heterocycles. The maximum absolute atomic E-state index is 6.18. The fraction of sp³-hybridized carbons (Fsp3) is 0.429. The highest BCUT2D eigenvalue weighted by Crippen LogP contribution is 2.21. The van der Waals surface area contributed by atoms with E-state index in [1.807, 2.05) is 24.3 Å². The van der Waals surface area contributed by atoms with Crippen molar-refractivity contribution < 1.29 is 4.74 Å². The second-order valence-electron chi connectivity index (χ2n) is 4.99. The summed E-state index contributed by atoms with van der Waals surface area (Å²) in [7, 11) is 1.64. The number of nitrogens with two attached hydrogens (primary N) is 1. The summed E-state index contributed by atoms with van der Waals surface area (Å²) in [6, 6.07) is 7.32. The van der Waals surface area contributed by atoms with Gasteiger partial charge in [-0.2, -0.15) is 5.10 Å². The van der Waals surface area contributed by atoms with Crippen LogP contribution in [0.2, 0.25) is 0 Å². The van der Waals surface area contributed by atoms with Gasteiger partial charge < -0.3 is 10.5 Å². The monoisotopic (exact) mass is 260 g/mol. The number of nitrogens with zero attached hydrogens (tertiary/aromatic N) is 2. The maximum atomic E-state index is 6.18. The zero-order valence-electron chi connectivity index (χ0n) is 11.6. The number of ether oxygens (including phenoxy) is 1. The van der Waals surface area contributed by atoms with Crippen molar-refractivity contribution in [2.45, 2.75) is 26.3 Å². The predicted molar refractivity (Wildman–Crippen MR) is 73.9 cm³/mol. The molecule has 0 amide bonds. The highest BCUT2D eigenvalue weighted by atomic mass is 16.5. The molecule has 102 valence electrons. The van der Waals surface area contributed by atoms with Gasteiger partial charge in [0.2, 0.25) is 0 Å². The van der Waals surface area contributed by atoms with Crippen LogP contribution in [0.25, 0.3) is 0 Å². The normalized spacial score (nSPS) is 12.7. The standard InChI is InChI=1S/C14H20N4O/c1-9(2)7-12-16-14(18-17-12)13(15)10-5-4-6-11(8-10)19-3/h4-6,8-9,13H,7,15H2,1-3H3,(H,16,17,18)/t13-/m1/s1. The van der Waals surface area contributed by atoms with E-state index in [1.54, 1.807) is 7.11 Å². The van der Waals surface area contributed by atoms with Crippen molar-refractivity contribution in [1.29, 1.82) is 0 Å². The number of hydrogen-bond donors (Lipinski definition) is 2. The zero-order chi connectivity index (χ0) is 13.8. The van der Waals surface area contributed by atoms with Crippen molar-refractivity contribution in [2.75, 3.05) is 7.11 Å². The molecule has 19 heavy (non-hydrogen) atoms. The number of methoxy groups -OCH3 is 1. The molecule has 1 atom stereocenters. The SMILES string of the molecule is COc1cccc([C@@H](N)c2n[nH]c(CC(C)C)n2)c1. The lowest BCUT2D eigenvalue weighted by Gasteiger charge is -2.09. The first-order valence-corrected chi connectivity index (χ1v) is 6.41. The molecule has 0 unspecified atom stereocenters. The largest absolute Gasteiger partial charge is 0.497 e. The Morgan fingerprint density at radius 2 is 2.16 bits per heavy atom. The van der Waals surface area contributed by atoms with Crippen LogP contribution < -0.4 is 10.5 Å². The lowest BCUT2D eigenvalue weighted by atomic mass is 10.1. The van der Waals surface area contributed by atoms with Crippen LogP contribution in [0.4, 0.5) is 0 Å². The number of nitrogens with one attached hydrogen (secondary N) is 1. The van der Waals surface area contributed by atoms with E-state index in [0.717, 1.165) is 23.6 Å². The predicted octanol–water partition coefficient (Wildman–Crippen LogP) is 2.06. The van der Waals surface area contributed by atoms with Gasteiger partial charge >= 0.3 is 0 Å². The molecule has 0 fully saturated rings. The summed E-state index contributed by atoms with van der Waals surface area (Å²) in [5, 5.41) is 7.14. The van der Waals surface area contributed by atoms with Gasteiger partial charge in [0.1, 0.15) is 11.6 Å². The Kier molecular flexibility index (Phi) is 4.16. The Balaban J connectivity index is 2.18. The van der Waals surface area contributed by atoms with E-state index in [0.29, 0.717) is 11.7 Å². The van der Waals surface area contributed by atoms with Crippen LogP contribution in [-0.4, -0.2) is 22.3 Å². The Morgan fingerprint density at radius 3 is 2.84 bits per heavy atom. The van der Waals surface area contributed by atoms with Crippen molar-refractivity contribution >= 4 is 0 Å². The third-order valence-corrected chi connectivity index (χ3v) is 2.88. The minimum atomic E-state index is -0.340. The molecule has 1 aromatic heterocycles. The molecule has 1 aromatic carbocycles. The Hall–Kier alpha value is -1.88. The lowest BCUT2D eigenvalue weighted by Crippen LogP contribution is -2.13. The van der Waals surface area contributed by atoms with Crippen molar-refractivity contribution in [3.8, 4) is 5.75 Å². The molecule has 0 spiro atoms. The number of aromatic nitrogens is 3. The van der Waals surface area contributed by atoms with Gasteiger partial charge in [0.15, 0.2) is 5.82 Å². The number of benzene rings is 1. The van der Waals surface area contributed by atoms with Gasteiger partial charge in [-0.25, -0.2) is 4.98 Å². The zero-order valence-corrected chi connectivity index (χ0v) is 11.6. The smallest absolute Gasteiger partial charge is 0.171 e. The van der Waals surface area contributed by atoms with Crippen LogP contribution in [0.5, 0.6) is 5.75 Å². The minimum absolute atomic E-state index is 0.340. The Bertz CT molecular complexity index is 536. The van der Waals surface area contributed by atoms with Crippen LogP contribution >= 0.6 is 0 Å². The van der Waals surface area contributed by atoms with E-state index in [4.69, 9.17) is 10.5 Å². The van der Waals surface area contributed by atoms with Gasteiger partial charge in [0.05, 0.1) is 13.2 Å². The molecule has 5 nitrogen and oxygen atoms in total. The highest BCUT2D eigenvalue weighted by molar-refractivity contribution is 5.32. The summed E-state index contributed by atoms with van der Waals surface area (Å²) < 4.78 is 5.19. The fourth-order valence-electron chi connectivity index (χ4n) is 1.91. The molecule has 2 rings (SSSR count). The van der Waals surface area contributed by atoms with Crippen LogP contribution in [0, 0.1) is 5.92 Å². The third kappa shape index (κ3) is 3.32. The van der Waals surface area contributed by atoms with Gasteiger partial charge in [-0.15, -0.1) is 0 Å². The van der Waals surface area contributed by atoms with Gasteiger partial charge in [0.25, 0.3) is 0 Å². The molecule has 0 saturated carbocycles. The van der Waals surface area contributed by atoms with Gasteiger partial charge in [-0.05, 0) is 23.6 Å². The van der Waals surface area contributed by atoms with E-state index in [1.165, 1.54) is 0 Å². The van der Waals surface area contributed by atoms with Crippen LogP contribution in [-0.2, 0) is 6.42 Å². The van der Waals surface area contributed by atoms with E-state index >= 15 is 0 Å². The average Bonchev–Trinajstić information content (AvgIpc) is 2.85. The molecule has 0 aliphatic heterocycles. The van der Waals surface area contributed by atoms with Gasteiger partial charge in [-0.1, -0.05) is 26.0 Å². The lowest BCUT2D eigenvalue weighted by molar-refractivity contribution is 0.414. The molecule has 0 aliphatic carbocycles. The minimum Gasteiger partial charge on any atom is -0.497 e. The van der Waals surface area contributed by atoms with Crippen LogP contribution in [0.3, 0.4) is 0 Å². The number of H-pyrrole nitrogens is 1. The number of aromatic amines is 1. The summed E-state index contributed by atoms with van der Waals surface area (Å²) in [4.78, 5) is 4.45.